The minimum atomic E-state index is -0.236. The van der Waals surface area contributed by atoms with E-state index >= 15 is 0 Å². The summed E-state index contributed by atoms with van der Waals surface area (Å²) in [5.41, 5.74) is 6.59. The number of carbonyl (C=O) groups excluding carboxylic acids is 1. The van der Waals surface area contributed by atoms with Gasteiger partial charge in [-0.3, -0.25) is 14.9 Å². The number of aromatic amines is 2. The number of nitrogens with zero attached hydrogens (tertiary/aromatic N) is 4. The van der Waals surface area contributed by atoms with Crippen molar-refractivity contribution in [2.45, 2.75) is 38.5 Å². The number of nitrogens with one attached hydrogen (secondary N) is 3. The summed E-state index contributed by atoms with van der Waals surface area (Å²) in [7, 11) is 0. The standard InChI is InChI=1S/C30H26FN7OS/c31-25-12-11-24(40-25)20-7-4-8-22-27(20)36-30(35-22)29-28-23(37-38-29)10-9-21(34-28)18-14-19(16-32-15-18)33-26(39)13-17-5-2-1-3-6-17/h4,7-12,14-17H,1-3,5-6,13H2,(H,33,39)(H,35,36)(H,37,38). The van der Waals surface area contributed by atoms with Crippen LogP contribution in [0.2, 0.25) is 0 Å². The molecule has 1 aliphatic rings. The zero-order valence-electron chi connectivity index (χ0n) is 21.6. The van der Waals surface area contributed by atoms with E-state index in [0.29, 0.717) is 40.8 Å². The van der Waals surface area contributed by atoms with Crippen LogP contribution < -0.4 is 5.32 Å². The van der Waals surface area contributed by atoms with Gasteiger partial charge in [-0.05, 0) is 55.2 Å². The first-order chi connectivity index (χ1) is 19.6. The maximum Gasteiger partial charge on any atom is 0.224 e. The van der Waals surface area contributed by atoms with E-state index in [9.17, 15) is 9.18 Å². The molecule has 0 spiro atoms. The van der Waals surface area contributed by atoms with Gasteiger partial charge in [-0.2, -0.15) is 9.49 Å². The van der Waals surface area contributed by atoms with Crippen molar-refractivity contribution in [3.63, 3.8) is 0 Å². The molecular weight excluding hydrogens is 525 g/mol. The highest BCUT2D eigenvalue weighted by atomic mass is 32.1. The number of thiophene rings is 1. The Balaban J connectivity index is 1.19. The highest BCUT2D eigenvalue weighted by molar-refractivity contribution is 7.14. The first-order valence-corrected chi connectivity index (χ1v) is 14.3. The number of benzene rings is 1. The van der Waals surface area contributed by atoms with Crippen LogP contribution in [0.15, 0.2) is 60.9 Å². The Morgan fingerprint density at radius 3 is 2.75 bits per heavy atom. The number of fused-ring (bicyclic) bond motifs is 2. The molecule has 0 unspecified atom stereocenters. The number of pyridine rings is 2. The Labute approximate surface area is 233 Å². The van der Waals surface area contributed by atoms with Gasteiger partial charge in [-0.15, -0.1) is 11.3 Å². The molecule has 1 aliphatic carbocycles. The highest BCUT2D eigenvalue weighted by Gasteiger charge is 2.19. The van der Waals surface area contributed by atoms with E-state index in [0.717, 1.165) is 56.7 Å². The summed E-state index contributed by atoms with van der Waals surface area (Å²) in [6.45, 7) is 0. The molecule has 0 radical (unpaired) electrons. The maximum atomic E-state index is 13.7. The predicted octanol–water partition coefficient (Wildman–Crippen LogP) is 7.34. The first-order valence-electron chi connectivity index (χ1n) is 13.5. The first kappa shape index (κ1) is 24.6. The molecule has 10 heteroatoms. The quantitative estimate of drug-likeness (QED) is 0.200. The van der Waals surface area contributed by atoms with Crippen molar-refractivity contribution in [3.8, 4) is 33.2 Å². The van der Waals surface area contributed by atoms with Crippen LogP contribution in [0.25, 0.3) is 55.3 Å². The summed E-state index contributed by atoms with van der Waals surface area (Å²) in [4.78, 5) is 30.9. The second kappa shape index (κ2) is 10.3. The van der Waals surface area contributed by atoms with Gasteiger partial charge in [-0.1, -0.05) is 31.4 Å². The van der Waals surface area contributed by atoms with Gasteiger partial charge in [0.2, 0.25) is 5.91 Å². The number of para-hydroxylation sites is 1. The predicted molar refractivity (Wildman–Crippen MR) is 155 cm³/mol. The molecule has 0 saturated heterocycles. The second-order valence-corrected chi connectivity index (χ2v) is 11.3. The summed E-state index contributed by atoms with van der Waals surface area (Å²) in [5, 5.41) is 10.3. The summed E-state index contributed by atoms with van der Waals surface area (Å²) in [6, 6.07) is 14.7. The number of carbonyl (C=O) groups is 1. The van der Waals surface area contributed by atoms with Crippen LogP contribution in [0.1, 0.15) is 38.5 Å². The van der Waals surface area contributed by atoms with Gasteiger partial charge >= 0.3 is 0 Å². The third-order valence-corrected chi connectivity index (χ3v) is 8.41. The molecule has 1 fully saturated rings. The lowest BCUT2D eigenvalue weighted by Crippen LogP contribution is -2.18. The van der Waals surface area contributed by atoms with E-state index in [1.165, 1.54) is 25.3 Å². The molecular formula is C30H26FN7OS. The number of amides is 1. The van der Waals surface area contributed by atoms with Gasteiger partial charge in [0.05, 0.1) is 34.1 Å². The molecule has 40 heavy (non-hydrogen) atoms. The molecule has 0 atom stereocenters. The summed E-state index contributed by atoms with van der Waals surface area (Å²) < 4.78 is 13.7. The fourth-order valence-corrected chi connectivity index (χ4v) is 6.30. The molecule has 5 aromatic heterocycles. The molecule has 1 saturated carbocycles. The fourth-order valence-electron chi connectivity index (χ4n) is 5.54. The van der Waals surface area contributed by atoms with E-state index in [2.05, 4.69) is 25.5 Å². The van der Waals surface area contributed by atoms with Gasteiger partial charge in [0.25, 0.3) is 0 Å². The molecule has 200 valence electrons. The second-order valence-electron chi connectivity index (χ2n) is 10.3. The van der Waals surface area contributed by atoms with Gasteiger partial charge in [-0.25, -0.2) is 9.97 Å². The van der Waals surface area contributed by atoms with Gasteiger partial charge in [0.1, 0.15) is 5.52 Å². The van der Waals surface area contributed by atoms with E-state index in [-0.39, 0.29) is 11.0 Å². The van der Waals surface area contributed by atoms with E-state index in [1.54, 1.807) is 18.5 Å². The van der Waals surface area contributed by atoms with Crippen LogP contribution in [0.5, 0.6) is 0 Å². The number of halogens is 1. The normalized spacial score (nSPS) is 14.2. The smallest absolute Gasteiger partial charge is 0.224 e. The molecule has 1 aromatic carbocycles. The Kier molecular flexibility index (Phi) is 6.31. The average Bonchev–Trinajstić information content (AvgIpc) is 3.71. The van der Waals surface area contributed by atoms with Crippen molar-refractivity contribution in [3.05, 3.63) is 66.1 Å². The zero-order chi connectivity index (χ0) is 27.1. The van der Waals surface area contributed by atoms with Crippen LogP contribution in [-0.4, -0.2) is 36.0 Å². The monoisotopic (exact) mass is 551 g/mol. The third kappa shape index (κ3) is 4.75. The number of hydrogen-bond acceptors (Lipinski definition) is 6. The number of rotatable bonds is 6. The van der Waals surface area contributed by atoms with Crippen LogP contribution in [0.4, 0.5) is 10.1 Å². The Morgan fingerprint density at radius 1 is 1.00 bits per heavy atom. The van der Waals surface area contributed by atoms with Crippen molar-refractivity contribution in [1.82, 2.24) is 30.1 Å². The zero-order valence-corrected chi connectivity index (χ0v) is 22.4. The van der Waals surface area contributed by atoms with Crippen molar-refractivity contribution in [1.29, 1.82) is 0 Å². The van der Waals surface area contributed by atoms with Gasteiger partial charge in [0, 0.05) is 28.6 Å². The van der Waals surface area contributed by atoms with Crippen molar-refractivity contribution in [2.75, 3.05) is 5.32 Å². The average molecular weight is 552 g/mol. The maximum absolute atomic E-state index is 13.7. The number of H-pyrrole nitrogens is 2. The van der Waals surface area contributed by atoms with Gasteiger partial charge in [0.15, 0.2) is 16.6 Å². The number of hydrogen-bond donors (Lipinski definition) is 3. The Hall–Kier alpha value is -4.44. The molecule has 5 heterocycles. The summed E-state index contributed by atoms with van der Waals surface area (Å²) in [6.07, 6.45) is 9.89. The van der Waals surface area contributed by atoms with Crippen LogP contribution >= 0.6 is 11.3 Å². The number of imidazole rings is 1. The number of anilines is 1. The number of aromatic nitrogens is 6. The molecule has 8 nitrogen and oxygen atoms in total. The molecule has 0 aliphatic heterocycles. The Morgan fingerprint density at radius 2 is 1.90 bits per heavy atom. The third-order valence-electron chi connectivity index (χ3n) is 7.50. The fraction of sp³-hybridized carbons (Fsp3) is 0.233. The molecule has 3 N–H and O–H groups in total. The molecule has 6 aromatic rings. The molecule has 7 rings (SSSR count). The highest BCUT2D eigenvalue weighted by Crippen LogP contribution is 2.35. The van der Waals surface area contributed by atoms with Crippen LogP contribution in [0.3, 0.4) is 0 Å². The van der Waals surface area contributed by atoms with Crippen LogP contribution in [0, 0.1) is 11.0 Å². The van der Waals surface area contributed by atoms with Crippen LogP contribution in [-0.2, 0) is 4.79 Å². The van der Waals surface area contributed by atoms with E-state index in [1.807, 2.05) is 36.4 Å². The lowest BCUT2D eigenvalue weighted by atomic mass is 9.87. The van der Waals surface area contributed by atoms with Crippen molar-refractivity contribution >= 4 is 45.0 Å². The minimum Gasteiger partial charge on any atom is -0.336 e. The van der Waals surface area contributed by atoms with Gasteiger partial charge < -0.3 is 10.3 Å². The topological polar surface area (TPSA) is 112 Å². The Bertz CT molecular complexity index is 1850. The minimum absolute atomic E-state index is 0.0286. The van der Waals surface area contributed by atoms with Crippen molar-refractivity contribution < 1.29 is 9.18 Å². The lowest BCUT2D eigenvalue weighted by molar-refractivity contribution is -0.117. The SMILES string of the molecule is O=C(CC1CCCCC1)Nc1cncc(-c2ccc3[nH]nc(-c4nc5c(-c6ccc(F)s6)cccc5[nH]4)c3n2)c1. The largest absolute Gasteiger partial charge is 0.336 e. The van der Waals surface area contributed by atoms with E-state index < -0.39 is 0 Å². The summed E-state index contributed by atoms with van der Waals surface area (Å²) in [5.74, 6) is 1.06. The lowest BCUT2D eigenvalue weighted by Gasteiger charge is -2.20. The summed E-state index contributed by atoms with van der Waals surface area (Å²) >= 11 is 1.09. The van der Waals surface area contributed by atoms with E-state index in [4.69, 9.17) is 9.97 Å². The molecule has 1 amide bonds. The van der Waals surface area contributed by atoms with Crippen molar-refractivity contribution in [2.24, 2.45) is 5.92 Å². The molecule has 0 bridgehead atoms.